The molecule has 1 fully saturated rings. The molecule has 1 aliphatic heterocycles. The van der Waals surface area contributed by atoms with Crippen LogP contribution < -0.4 is 0 Å². The molecule has 0 saturated carbocycles. The van der Waals surface area contributed by atoms with Gasteiger partial charge in [-0.25, -0.2) is 8.78 Å². The lowest BCUT2D eigenvalue weighted by atomic mass is 9.87. The average molecular weight is 340 g/mol. The fraction of sp³-hybridized carbons (Fsp3) is 0.667. The van der Waals surface area contributed by atoms with Gasteiger partial charge in [-0.15, -0.1) is 0 Å². The highest BCUT2D eigenvalue weighted by Gasteiger charge is 2.42. The van der Waals surface area contributed by atoms with Gasteiger partial charge in [0.1, 0.15) is 0 Å². The fourth-order valence-electron chi connectivity index (χ4n) is 3.05. The molecule has 24 heavy (non-hydrogen) atoms. The van der Waals surface area contributed by atoms with E-state index >= 15 is 0 Å². The van der Waals surface area contributed by atoms with E-state index in [-0.39, 0.29) is 24.8 Å². The van der Waals surface area contributed by atoms with Crippen molar-refractivity contribution in [3.05, 3.63) is 29.6 Å². The van der Waals surface area contributed by atoms with Crippen molar-refractivity contribution in [2.75, 3.05) is 13.1 Å². The monoisotopic (exact) mass is 340 g/mol. The topological polar surface area (TPSA) is 53.4 Å². The number of hydrogen-bond donors (Lipinski definition) is 1. The Hall–Kier alpha value is -1.56. The summed E-state index contributed by atoms with van der Waals surface area (Å²) in [5, 5.41) is 8.84. The zero-order valence-electron chi connectivity index (χ0n) is 14.6. The van der Waals surface area contributed by atoms with Gasteiger partial charge in [0.2, 0.25) is 0 Å². The molecule has 1 unspecified atom stereocenters. The van der Waals surface area contributed by atoms with E-state index in [9.17, 15) is 13.6 Å². The van der Waals surface area contributed by atoms with Crippen LogP contribution in [0, 0.1) is 5.92 Å². The molecule has 2 rings (SSSR count). The normalized spacial score (nSPS) is 22.1. The largest absolute Gasteiger partial charge is 0.481 e. The van der Waals surface area contributed by atoms with Gasteiger partial charge >= 0.3 is 5.97 Å². The maximum Gasteiger partial charge on any atom is 0.303 e. The number of aliphatic carboxylic acids is 1. The molecule has 1 aromatic heterocycles. The summed E-state index contributed by atoms with van der Waals surface area (Å²) in [6, 6.07) is 4.00. The fourth-order valence-corrected chi connectivity index (χ4v) is 3.05. The Morgan fingerprint density at radius 2 is 2.12 bits per heavy atom. The number of halogens is 2. The number of carboxylic acid groups (broad SMARTS) is 1. The molecule has 0 bridgehead atoms. The zero-order chi connectivity index (χ0) is 18.0. The van der Waals surface area contributed by atoms with Gasteiger partial charge in [0.15, 0.2) is 0 Å². The quantitative estimate of drug-likeness (QED) is 0.908. The van der Waals surface area contributed by atoms with Gasteiger partial charge in [-0.3, -0.25) is 14.7 Å². The zero-order valence-corrected chi connectivity index (χ0v) is 14.6. The predicted octanol–water partition coefficient (Wildman–Crippen LogP) is 3.70. The van der Waals surface area contributed by atoms with Crippen molar-refractivity contribution in [2.45, 2.75) is 57.9 Å². The second kappa shape index (κ2) is 7.13. The molecule has 1 aliphatic rings. The Bertz CT molecular complexity index is 585. The third-order valence-electron chi connectivity index (χ3n) is 4.64. The van der Waals surface area contributed by atoms with Crippen LogP contribution in [0.2, 0.25) is 0 Å². The van der Waals surface area contributed by atoms with Crippen molar-refractivity contribution < 1.29 is 18.7 Å². The number of nitrogens with zero attached hydrogens (tertiary/aromatic N) is 2. The highest BCUT2D eigenvalue weighted by molar-refractivity contribution is 5.67. The van der Waals surface area contributed by atoms with Gasteiger partial charge in [-0.2, -0.15) is 0 Å². The van der Waals surface area contributed by atoms with Crippen LogP contribution in [0.1, 0.15) is 51.3 Å². The van der Waals surface area contributed by atoms with Crippen LogP contribution in [-0.2, 0) is 16.8 Å². The third kappa shape index (κ3) is 4.97. The van der Waals surface area contributed by atoms with Crippen molar-refractivity contribution in [1.82, 2.24) is 9.88 Å². The highest BCUT2D eigenvalue weighted by atomic mass is 19.3. The van der Waals surface area contributed by atoms with Crippen LogP contribution in [0.3, 0.4) is 0 Å². The molecule has 1 atom stereocenters. The summed E-state index contributed by atoms with van der Waals surface area (Å²) in [4.78, 5) is 17.1. The van der Waals surface area contributed by atoms with Gasteiger partial charge in [0.05, 0.1) is 12.1 Å². The molecule has 1 saturated heterocycles. The first-order valence-electron chi connectivity index (χ1n) is 8.35. The number of carbonyl (C=O) groups is 1. The standard InChI is InChI=1S/C18H26F2N2O2/c1-17(2,3)13-4-7-21-15(10-13)12-22-8-5-14(11-16(23)24)18(19,20)6-9-22/h4,7,10,14H,5-6,8-9,11-12H2,1-3H3,(H,23,24). The number of alkyl halides is 2. The number of rotatable bonds is 4. The van der Waals surface area contributed by atoms with Crippen LogP contribution in [-0.4, -0.2) is 40.0 Å². The minimum absolute atomic E-state index is 0.0100. The summed E-state index contributed by atoms with van der Waals surface area (Å²) in [6.07, 6.45) is 1.18. The Morgan fingerprint density at radius 3 is 2.75 bits per heavy atom. The molecule has 0 amide bonds. The lowest BCUT2D eigenvalue weighted by Gasteiger charge is -2.22. The number of pyridine rings is 1. The lowest BCUT2D eigenvalue weighted by Crippen LogP contribution is -2.30. The van der Waals surface area contributed by atoms with E-state index in [1.54, 1.807) is 6.20 Å². The first-order valence-corrected chi connectivity index (χ1v) is 8.35. The first kappa shape index (κ1) is 18.8. The molecule has 1 aromatic rings. The Balaban J connectivity index is 2.05. The summed E-state index contributed by atoms with van der Waals surface area (Å²) in [5.41, 5.74) is 2.04. The Morgan fingerprint density at radius 1 is 1.42 bits per heavy atom. The van der Waals surface area contributed by atoms with Gasteiger partial charge in [-0.05, 0) is 36.1 Å². The molecule has 1 N–H and O–H groups in total. The van der Waals surface area contributed by atoms with Crippen molar-refractivity contribution in [1.29, 1.82) is 0 Å². The van der Waals surface area contributed by atoms with Crippen molar-refractivity contribution in [3.8, 4) is 0 Å². The summed E-state index contributed by atoms with van der Waals surface area (Å²) in [5.74, 6) is -5.17. The number of hydrogen-bond acceptors (Lipinski definition) is 3. The Labute approximate surface area is 141 Å². The molecule has 0 spiro atoms. The first-order chi connectivity index (χ1) is 11.1. The van der Waals surface area contributed by atoms with Gasteiger partial charge in [0, 0.05) is 31.6 Å². The second-order valence-corrected chi connectivity index (χ2v) is 7.66. The van der Waals surface area contributed by atoms with Crippen LogP contribution in [0.5, 0.6) is 0 Å². The molecular weight excluding hydrogens is 314 g/mol. The maximum atomic E-state index is 14.1. The smallest absolute Gasteiger partial charge is 0.303 e. The number of carboxylic acids is 1. The van der Waals surface area contributed by atoms with Crippen LogP contribution in [0.25, 0.3) is 0 Å². The number of likely N-dealkylation sites (tertiary alicyclic amines) is 1. The lowest BCUT2D eigenvalue weighted by molar-refractivity contribution is -0.143. The van der Waals surface area contributed by atoms with Crippen LogP contribution >= 0.6 is 0 Å². The summed E-state index contributed by atoms with van der Waals surface area (Å²) >= 11 is 0. The van der Waals surface area contributed by atoms with E-state index in [0.717, 1.165) is 11.3 Å². The van der Waals surface area contributed by atoms with E-state index in [1.165, 1.54) is 0 Å². The molecule has 2 heterocycles. The molecule has 4 nitrogen and oxygen atoms in total. The highest BCUT2D eigenvalue weighted by Crippen LogP contribution is 2.36. The van der Waals surface area contributed by atoms with E-state index < -0.39 is 24.2 Å². The Kier molecular flexibility index (Phi) is 5.58. The summed E-state index contributed by atoms with van der Waals surface area (Å²) in [6.45, 7) is 7.60. The van der Waals surface area contributed by atoms with Crippen molar-refractivity contribution in [3.63, 3.8) is 0 Å². The predicted molar refractivity (Wildman–Crippen MR) is 88.1 cm³/mol. The van der Waals surface area contributed by atoms with Crippen LogP contribution in [0.15, 0.2) is 18.3 Å². The second-order valence-electron chi connectivity index (χ2n) is 7.66. The molecule has 0 radical (unpaired) electrons. The van der Waals surface area contributed by atoms with E-state index in [1.807, 2.05) is 17.0 Å². The maximum absolute atomic E-state index is 14.1. The molecular formula is C18H26F2N2O2. The molecule has 134 valence electrons. The van der Waals surface area contributed by atoms with E-state index in [4.69, 9.17) is 5.11 Å². The van der Waals surface area contributed by atoms with E-state index in [2.05, 4.69) is 25.8 Å². The molecule has 0 aromatic carbocycles. The average Bonchev–Trinajstić information content (AvgIpc) is 2.59. The molecule has 6 heteroatoms. The van der Waals surface area contributed by atoms with E-state index in [0.29, 0.717) is 13.1 Å². The minimum Gasteiger partial charge on any atom is -0.481 e. The summed E-state index contributed by atoms with van der Waals surface area (Å²) in [7, 11) is 0. The van der Waals surface area contributed by atoms with Gasteiger partial charge < -0.3 is 5.11 Å². The summed E-state index contributed by atoms with van der Waals surface area (Å²) < 4.78 is 28.2. The SMILES string of the molecule is CC(C)(C)c1ccnc(CN2CCC(CC(=O)O)C(F)(F)CC2)c1. The minimum atomic E-state index is -2.92. The van der Waals surface area contributed by atoms with Gasteiger partial charge in [-0.1, -0.05) is 20.8 Å². The van der Waals surface area contributed by atoms with Crippen molar-refractivity contribution in [2.24, 2.45) is 5.92 Å². The molecule has 0 aliphatic carbocycles. The third-order valence-corrected chi connectivity index (χ3v) is 4.64. The van der Waals surface area contributed by atoms with Crippen molar-refractivity contribution >= 4 is 5.97 Å². The van der Waals surface area contributed by atoms with Gasteiger partial charge in [0.25, 0.3) is 5.92 Å². The number of aromatic nitrogens is 1. The van der Waals surface area contributed by atoms with Crippen LogP contribution in [0.4, 0.5) is 8.78 Å².